The number of carboxylic acid groups (broad SMARTS) is 1. The van der Waals surface area contributed by atoms with Gasteiger partial charge in [-0.2, -0.15) is 5.26 Å². The van der Waals surface area contributed by atoms with Crippen LogP contribution in [0.1, 0.15) is 36.0 Å². The van der Waals surface area contributed by atoms with Crippen molar-refractivity contribution in [1.29, 1.82) is 5.26 Å². The number of hydrogen-bond donors (Lipinski definition) is 4. The van der Waals surface area contributed by atoms with Crippen molar-refractivity contribution in [3.8, 4) is 6.07 Å². The molecule has 0 aliphatic heterocycles. The van der Waals surface area contributed by atoms with E-state index in [1.54, 1.807) is 6.07 Å². The predicted octanol–water partition coefficient (Wildman–Crippen LogP) is 2.89. The number of hydrogen-bond acceptors (Lipinski definition) is 5. The Kier molecular flexibility index (Phi) is 6.17. The SMILES string of the molecule is N#Cc1cccc(NCCCNCCc2cccc(C3(C(=O)O)CC3)c2)c1N. The summed E-state index contributed by atoms with van der Waals surface area (Å²) in [6.45, 7) is 2.47. The lowest BCUT2D eigenvalue weighted by Crippen LogP contribution is -2.22. The Labute approximate surface area is 165 Å². The Balaban J connectivity index is 1.37. The van der Waals surface area contributed by atoms with Crippen molar-refractivity contribution < 1.29 is 9.90 Å². The molecule has 6 heteroatoms. The largest absolute Gasteiger partial charge is 0.481 e. The maximum atomic E-state index is 11.5. The Bertz CT molecular complexity index is 884. The fourth-order valence-corrected chi connectivity index (χ4v) is 3.39. The second-order valence-corrected chi connectivity index (χ2v) is 7.25. The van der Waals surface area contributed by atoms with Crippen LogP contribution in [0.15, 0.2) is 42.5 Å². The third-order valence-electron chi connectivity index (χ3n) is 5.30. The minimum Gasteiger partial charge on any atom is -0.481 e. The summed E-state index contributed by atoms with van der Waals surface area (Å²) in [5.74, 6) is -0.712. The van der Waals surface area contributed by atoms with Gasteiger partial charge in [0.1, 0.15) is 6.07 Å². The molecule has 1 saturated carbocycles. The average Bonchev–Trinajstić information content (AvgIpc) is 3.51. The zero-order valence-electron chi connectivity index (χ0n) is 15.9. The standard InChI is InChI=1S/C22H26N4O2/c23-15-17-5-2-7-19(20(17)24)26-12-3-11-25-13-8-16-4-1-6-18(14-16)22(9-10-22)21(27)28/h1-2,4-7,14,25-26H,3,8-13,24H2,(H,27,28). The monoisotopic (exact) mass is 378 g/mol. The Morgan fingerprint density at radius 1 is 1.18 bits per heavy atom. The summed E-state index contributed by atoms with van der Waals surface area (Å²) in [4.78, 5) is 11.5. The molecule has 6 nitrogen and oxygen atoms in total. The zero-order valence-corrected chi connectivity index (χ0v) is 15.9. The molecule has 0 heterocycles. The summed E-state index contributed by atoms with van der Waals surface area (Å²) in [6.07, 6.45) is 3.27. The number of benzene rings is 2. The molecule has 0 saturated heterocycles. The first-order chi connectivity index (χ1) is 13.6. The van der Waals surface area contributed by atoms with Gasteiger partial charge in [0.05, 0.1) is 22.4 Å². The summed E-state index contributed by atoms with van der Waals surface area (Å²) in [7, 11) is 0. The van der Waals surface area contributed by atoms with Gasteiger partial charge in [-0.3, -0.25) is 4.79 Å². The van der Waals surface area contributed by atoms with Gasteiger partial charge >= 0.3 is 5.97 Å². The van der Waals surface area contributed by atoms with Crippen LogP contribution in [0.2, 0.25) is 0 Å². The minimum atomic E-state index is -0.712. The van der Waals surface area contributed by atoms with Crippen molar-refractivity contribution >= 4 is 17.3 Å². The van der Waals surface area contributed by atoms with Crippen LogP contribution in [-0.4, -0.2) is 30.7 Å². The summed E-state index contributed by atoms with van der Waals surface area (Å²) < 4.78 is 0. The van der Waals surface area contributed by atoms with Gasteiger partial charge in [0.2, 0.25) is 0 Å². The quantitative estimate of drug-likeness (QED) is 0.374. The normalized spacial score (nSPS) is 14.2. The van der Waals surface area contributed by atoms with Crippen molar-refractivity contribution in [3.05, 3.63) is 59.2 Å². The van der Waals surface area contributed by atoms with Crippen LogP contribution in [0.5, 0.6) is 0 Å². The molecule has 0 atom stereocenters. The molecule has 0 bridgehead atoms. The van der Waals surface area contributed by atoms with Crippen LogP contribution in [-0.2, 0) is 16.6 Å². The van der Waals surface area contributed by atoms with E-state index < -0.39 is 11.4 Å². The first-order valence-corrected chi connectivity index (χ1v) is 9.63. The summed E-state index contributed by atoms with van der Waals surface area (Å²) in [5, 5.41) is 25.1. The molecule has 2 aromatic rings. The van der Waals surface area contributed by atoms with E-state index in [0.29, 0.717) is 11.3 Å². The average molecular weight is 378 g/mol. The number of carbonyl (C=O) groups is 1. The van der Waals surface area contributed by atoms with E-state index in [0.717, 1.165) is 62.1 Å². The lowest BCUT2D eigenvalue weighted by Gasteiger charge is -2.12. The number of rotatable bonds is 10. The Hall–Kier alpha value is -3.04. The van der Waals surface area contributed by atoms with Crippen molar-refractivity contribution in [2.75, 3.05) is 30.7 Å². The highest BCUT2D eigenvalue weighted by molar-refractivity contribution is 5.84. The second-order valence-electron chi connectivity index (χ2n) is 7.25. The van der Waals surface area contributed by atoms with E-state index in [1.165, 1.54) is 0 Å². The number of para-hydroxylation sites is 1. The van der Waals surface area contributed by atoms with Gasteiger partial charge in [0.25, 0.3) is 0 Å². The molecule has 3 rings (SSSR count). The number of carboxylic acids is 1. The van der Waals surface area contributed by atoms with Crippen LogP contribution in [0.4, 0.5) is 11.4 Å². The minimum absolute atomic E-state index is 0.487. The lowest BCUT2D eigenvalue weighted by atomic mass is 9.94. The fraction of sp³-hybridized carbons (Fsp3) is 0.364. The maximum absolute atomic E-state index is 11.5. The lowest BCUT2D eigenvalue weighted by molar-refractivity contribution is -0.140. The van der Waals surface area contributed by atoms with Crippen LogP contribution < -0.4 is 16.4 Å². The highest BCUT2D eigenvalue weighted by Gasteiger charge is 2.51. The molecule has 0 spiro atoms. The van der Waals surface area contributed by atoms with E-state index in [4.69, 9.17) is 11.0 Å². The summed E-state index contributed by atoms with van der Waals surface area (Å²) >= 11 is 0. The summed E-state index contributed by atoms with van der Waals surface area (Å²) in [5.41, 5.74) is 9.18. The molecule has 146 valence electrons. The zero-order chi connectivity index (χ0) is 20.0. The van der Waals surface area contributed by atoms with E-state index in [2.05, 4.69) is 22.8 Å². The molecule has 28 heavy (non-hydrogen) atoms. The topological polar surface area (TPSA) is 111 Å². The molecule has 0 amide bonds. The van der Waals surface area contributed by atoms with E-state index in [-0.39, 0.29) is 0 Å². The van der Waals surface area contributed by atoms with E-state index in [9.17, 15) is 9.90 Å². The third kappa shape index (κ3) is 4.44. The van der Waals surface area contributed by atoms with E-state index >= 15 is 0 Å². The van der Waals surface area contributed by atoms with Crippen LogP contribution in [0.3, 0.4) is 0 Å². The first kappa shape index (κ1) is 19.7. The van der Waals surface area contributed by atoms with E-state index in [1.807, 2.05) is 30.3 Å². The van der Waals surface area contributed by atoms with Gasteiger partial charge in [0.15, 0.2) is 0 Å². The number of nitriles is 1. The molecule has 0 unspecified atom stereocenters. The molecule has 1 fully saturated rings. The van der Waals surface area contributed by atoms with Gasteiger partial charge in [-0.25, -0.2) is 0 Å². The van der Waals surface area contributed by atoms with Crippen LogP contribution in [0, 0.1) is 11.3 Å². The number of nitrogen functional groups attached to an aromatic ring is 1. The van der Waals surface area contributed by atoms with Crippen molar-refractivity contribution in [3.63, 3.8) is 0 Å². The third-order valence-corrected chi connectivity index (χ3v) is 5.30. The molecule has 0 radical (unpaired) electrons. The molecular weight excluding hydrogens is 352 g/mol. The Morgan fingerprint density at radius 3 is 2.68 bits per heavy atom. The molecule has 5 N–H and O–H groups in total. The number of nitrogens with two attached hydrogens (primary N) is 1. The number of anilines is 2. The van der Waals surface area contributed by atoms with Gasteiger partial charge in [0, 0.05) is 6.54 Å². The first-order valence-electron chi connectivity index (χ1n) is 9.63. The highest BCUT2D eigenvalue weighted by atomic mass is 16.4. The van der Waals surface area contributed by atoms with Gasteiger partial charge in [-0.15, -0.1) is 0 Å². The van der Waals surface area contributed by atoms with Crippen molar-refractivity contribution in [2.45, 2.75) is 31.1 Å². The number of aliphatic carboxylic acids is 1. The van der Waals surface area contributed by atoms with Crippen LogP contribution >= 0.6 is 0 Å². The summed E-state index contributed by atoms with van der Waals surface area (Å²) in [6, 6.07) is 15.5. The smallest absolute Gasteiger partial charge is 0.314 e. The maximum Gasteiger partial charge on any atom is 0.314 e. The fourth-order valence-electron chi connectivity index (χ4n) is 3.39. The molecular formula is C22H26N4O2. The second kappa shape index (κ2) is 8.77. The van der Waals surface area contributed by atoms with Gasteiger partial charge in [-0.1, -0.05) is 30.3 Å². The van der Waals surface area contributed by atoms with Crippen LogP contribution in [0.25, 0.3) is 0 Å². The number of nitrogens with zero attached hydrogens (tertiary/aromatic N) is 1. The van der Waals surface area contributed by atoms with Gasteiger partial charge in [-0.05, 0) is 62.0 Å². The molecule has 1 aliphatic rings. The number of nitrogens with one attached hydrogen (secondary N) is 2. The molecule has 2 aromatic carbocycles. The Morgan fingerprint density at radius 2 is 1.96 bits per heavy atom. The molecule has 0 aromatic heterocycles. The highest BCUT2D eigenvalue weighted by Crippen LogP contribution is 2.48. The predicted molar refractivity (Wildman–Crippen MR) is 110 cm³/mol. The van der Waals surface area contributed by atoms with Gasteiger partial charge < -0.3 is 21.5 Å². The van der Waals surface area contributed by atoms with Crippen molar-refractivity contribution in [1.82, 2.24) is 5.32 Å². The van der Waals surface area contributed by atoms with Crippen molar-refractivity contribution in [2.24, 2.45) is 0 Å². The molecule has 1 aliphatic carbocycles.